The number of hydrogen-bond acceptors (Lipinski definition) is 5. The second-order valence-electron chi connectivity index (χ2n) is 7.06. The van der Waals surface area contributed by atoms with E-state index in [0.29, 0.717) is 29.5 Å². The lowest BCUT2D eigenvalue weighted by molar-refractivity contribution is -0.121. The van der Waals surface area contributed by atoms with Crippen LogP contribution in [0.1, 0.15) is 25.7 Å². The lowest BCUT2D eigenvalue weighted by Crippen LogP contribution is -2.37. The van der Waals surface area contributed by atoms with Crippen LogP contribution < -0.4 is 15.4 Å². The monoisotopic (exact) mass is 481 g/mol. The summed E-state index contributed by atoms with van der Waals surface area (Å²) in [5, 5.41) is 5.86. The predicted octanol–water partition coefficient (Wildman–Crippen LogP) is 3.80. The number of ether oxygens (including phenoxy) is 1. The first-order chi connectivity index (χ1) is 14.9. The Morgan fingerprint density at radius 3 is 2.32 bits per heavy atom. The number of amides is 1. The first-order valence-corrected chi connectivity index (χ1v) is 12.2. The molecule has 3 rings (SSSR count). The summed E-state index contributed by atoms with van der Waals surface area (Å²) in [6.07, 6.45) is 3.88. The highest BCUT2D eigenvalue weighted by Crippen LogP contribution is 2.23. The van der Waals surface area contributed by atoms with Gasteiger partial charge in [0, 0.05) is 18.8 Å². The summed E-state index contributed by atoms with van der Waals surface area (Å²) in [5.74, 6) is -0.0443. The summed E-state index contributed by atoms with van der Waals surface area (Å²) in [7, 11) is -3.51. The van der Waals surface area contributed by atoms with Gasteiger partial charge < -0.3 is 10.1 Å². The molecule has 0 aliphatic carbocycles. The molecule has 0 radical (unpaired) electrons. The van der Waals surface area contributed by atoms with Crippen LogP contribution in [0.3, 0.4) is 0 Å². The molecule has 31 heavy (non-hydrogen) atoms. The van der Waals surface area contributed by atoms with Crippen LogP contribution in [0.4, 0.5) is 5.69 Å². The molecule has 2 aromatic carbocycles. The number of nitrogens with zero attached hydrogens (tertiary/aromatic N) is 1. The van der Waals surface area contributed by atoms with Crippen LogP contribution in [0, 0.1) is 0 Å². The molecule has 1 aliphatic rings. The Morgan fingerprint density at radius 1 is 1.03 bits per heavy atom. The van der Waals surface area contributed by atoms with Crippen molar-refractivity contribution < 1.29 is 17.9 Å². The summed E-state index contributed by atoms with van der Waals surface area (Å²) < 4.78 is 32.6. The van der Waals surface area contributed by atoms with Crippen molar-refractivity contribution in [2.75, 3.05) is 25.0 Å². The van der Waals surface area contributed by atoms with Gasteiger partial charge in [0.1, 0.15) is 5.75 Å². The maximum absolute atomic E-state index is 12.8. The Labute approximate surface area is 192 Å². The van der Waals surface area contributed by atoms with Gasteiger partial charge in [0.05, 0.1) is 9.92 Å². The standard InChI is InChI=1S/C21H24ClN3O4S2/c22-18-7-3-4-8-19(18)29-15-20(26)24-21(30)23-16-9-11-17(12-10-16)31(27,28)25-13-5-1-2-6-14-25/h3-4,7-12H,1-2,5-6,13-15H2,(H2,23,24,26,30). The number of nitrogens with one attached hydrogen (secondary N) is 2. The summed E-state index contributed by atoms with van der Waals surface area (Å²) in [4.78, 5) is 12.3. The molecule has 0 atom stereocenters. The number of hydrogen-bond donors (Lipinski definition) is 2. The van der Waals surface area contributed by atoms with Crippen LogP contribution in [0.15, 0.2) is 53.4 Å². The van der Waals surface area contributed by atoms with Gasteiger partial charge in [-0.05, 0) is 61.5 Å². The van der Waals surface area contributed by atoms with Gasteiger partial charge in [-0.2, -0.15) is 4.31 Å². The second kappa shape index (κ2) is 10.9. The Balaban J connectivity index is 1.52. The van der Waals surface area contributed by atoms with Crippen LogP contribution in [-0.2, 0) is 14.8 Å². The lowest BCUT2D eigenvalue weighted by Gasteiger charge is -2.20. The summed E-state index contributed by atoms with van der Waals surface area (Å²) in [6, 6.07) is 13.1. The van der Waals surface area contributed by atoms with E-state index in [1.807, 2.05) is 0 Å². The highest BCUT2D eigenvalue weighted by atomic mass is 35.5. The zero-order valence-electron chi connectivity index (χ0n) is 16.8. The molecule has 1 saturated heterocycles. The Morgan fingerprint density at radius 2 is 1.68 bits per heavy atom. The third-order valence-electron chi connectivity index (χ3n) is 4.76. The van der Waals surface area contributed by atoms with E-state index in [9.17, 15) is 13.2 Å². The minimum Gasteiger partial charge on any atom is -0.482 e. The van der Waals surface area contributed by atoms with Gasteiger partial charge in [-0.1, -0.05) is 36.6 Å². The predicted molar refractivity (Wildman–Crippen MR) is 125 cm³/mol. The quantitative estimate of drug-likeness (QED) is 0.610. The summed E-state index contributed by atoms with van der Waals surface area (Å²) in [5.41, 5.74) is 0.562. The molecular weight excluding hydrogens is 458 g/mol. The lowest BCUT2D eigenvalue weighted by atomic mass is 10.2. The fourth-order valence-corrected chi connectivity index (χ4v) is 5.11. The SMILES string of the molecule is O=C(COc1ccccc1Cl)NC(=S)Nc1ccc(S(=O)(=O)N2CCCCCC2)cc1. The smallest absolute Gasteiger partial charge is 0.264 e. The Kier molecular flexibility index (Phi) is 8.25. The molecule has 1 fully saturated rings. The van der Waals surface area contributed by atoms with Crippen molar-refractivity contribution in [2.45, 2.75) is 30.6 Å². The van der Waals surface area contributed by atoms with Crippen molar-refractivity contribution in [3.63, 3.8) is 0 Å². The van der Waals surface area contributed by atoms with E-state index in [4.69, 9.17) is 28.6 Å². The molecule has 0 spiro atoms. The number of carbonyl (C=O) groups excluding carboxylic acids is 1. The molecule has 1 heterocycles. The zero-order chi connectivity index (χ0) is 22.3. The number of thiocarbonyl (C=S) groups is 1. The maximum atomic E-state index is 12.8. The van der Waals surface area contributed by atoms with Gasteiger partial charge in [-0.3, -0.25) is 10.1 Å². The van der Waals surface area contributed by atoms with Crippen molar-refractivity contribution in [1.29, 1.82) is 0 Å². The van der Waals surface area contributed by atoms with Crippen LogP contribution in [-0.4, -0.2) is 43.4 Å². The van der Waals surface area contributed by atoms with Gasteiger partial charge in [-0.25, -0.2) is 8.42 Å². The number of halogens is 1. The van der Waals surface area contributed by atoms with Crippen molar-refractivity contribution in [1.82, 2.24) is 9.62 Å². The van der Waals surface area contributed by atoms with Crippen molar-refractivity contribution in [3.05, 3.63) is 53.6 Å². The molecule has 2 N–H and O–H groups in total. The molecule has 10 heteroatoms. The highest BCUT2D eigenvalue weighted by Gasteiger charge is 2.24. The highest BCUT2D eigenvalue weighted by molar-refractivity contribution is 7.89. The fraction of sp³-hybridized carbons (Fsp3) is 0.333. The van der Waals surface area contributed by atoms with Crippen molar-refractivity contribution in [2.24, 2.45) is 0 Å². The van der Waals surface area contributed by atoms with Crippen LogP contribution in [0.2, 0.25) is 5.02 Å². The van der Waals surface area contributed by atoms with E-state index in [1.54, 1.807) is 40.7 Å². The van der Waals surface area contributed by atoms with Crippen molar-refractivity contribution >= 4 is 50.5 Å². The first-order valence-electron chi connectivity index (χ1n) is 9.94. The third-order valence-corrected chi connectivity index (χ3v) is 7.19. The van der Waals surface area contributed by atoms with E-state index in [2.05, 4.69) is 10.6 Å². The molecule has 1 aliphatic heterocycles. The fourth-order valence-electron chi connectivity index (χ4n) is 3.17. The minimum atomic E-state index is -3.51. The minimum absolute atomic E-state index is 0.0795. The van der Waals surface area contributed by atoms with Crippen LogP contribution in [0.25, 0.3) is 0 Å². The molecule has 166 valence electrons. The average molecular weight is 482 g/mol. The number of sulfonamides is 1. The van der Waals surface area contributed by atoms with Gasteiger partial charge in [0.2, 0.25) is 10.0 Å². The van der Waals surface area contributed by atoms with Crippen molar-refractivity contribution in [3.8, 4) is 5.75 Å². The zero-order valence-corrected chi connectivity index (χ0v) is 19.2. The number of benzene rings is 2. The Bertz CT molecular complexity index is 1020. The number of para-hydroxylation sites is 1. The average Bonchev–Trinajstić information content (AvgIpc) is 3.04. The maximum Gasteiger partial charge on any atom is 0.264 e. The first kappa shape index (κ1) is 23.5. The van der Waals surface area contributed by atoms with E-state index in [0.717, 1.165) is 25.7 Å². The number of anilines is 1. The second-order valence-corrected chi connectivity index (χ2v) is 9.82. The number of carbonyl (C=O) groups is 1. The summed E-state index contributed by atoms with van der Waals surface area (Å²) >= 11 is 11.1. The third kappa shape index (κ3) is 6.64. The Hall–Kier alpha value is -2.20. The number of rotatable bonds is 6. The largest absolute Gasteiger partial charge is 0.482 e. The molecule has 0 saturated carbocycles. The van der Waals surface area contributed by atoms with Gasteiger partial charge in [0.25, 0.3) is 5.91 Å². The molecule has 0 unspecified atom stereocenters. The molecule has 0 bridgehead atoms. The van der Waals surface area contributed by atoms with E-state index in [1.165, 1.54) is 12.1 Å². The summed E-state index contributed by atoms with van der Waals surface area (Å²) in [6.45, 7) is 0.849. The van der Waals surface area contributed by atoms with Gasteiger partial charge in [-0.15, -0.1) is 0 Å². The molecule has 7 nitrogen and oxygen atoms in total. The van der Waals surface area contributed by atoms with E-state index < -0.39 is 15.9 Å². The van der Waals surface area contributed by atoms with Crippen LogP contribution >= 0.6 is 23.8 Å². The van der Waals surface area contributed by atoms with Gasteiger partial charge in [0.15, 0.2) is 11.7 Å². The van der Waals surface area contributed by atoms with Crippen LogP contribution in [0.5, 0.6) is 5.75 Å². The molecule has 2 aromatic rings. The molecule has 1 amide bonds. The molecule has 0 aromatic heterocycles. The molecular formula is C21H24ClN3O4S2. The topological polar surface area (TPSA) is 87.7 Å². The van der Waals surface area contributed by atoms with E-state index in [-0.39, 0.29) is 16.6 Å². The normalized spacial score (nSPS) is 15.0. The van der Waals surface area contributed by atoms with E-state index >= 15 is 0 Å². The van der Waals surface area contributed by atoms with Gasteiger partial charge >= 0.3 is 0 Å².